The first kappa shape index (κ1) is 16.7. The van der Waals surface area contributed by atoms with E-state index < -0.39 is 0 Å². The number of aromatic nitrogens is 1. The van der Waals surface area contributed by atoms with Crippen molar-refractivity contribution in [2.24, 2.45) is 0 Å². The van der Waals surface area contributed by atoms with E-state index >= 15 is 0 Å². The predicted octanol–water partition coefficient (Wildman–Crippen LogP) is 4.85. The van der Waals surface area contributed by atoms with Gasteiger partial charge in [0.05, 0.1) is 0 Å². The van der Waals surface area contributed by atoms with Crippen LogP contribution < -0.4 is 10.1 Å². The molecule has 0 aliphatic heterocycles. The summed E-state index contributed by atoms with van der Waals surface area (Å²) in [7, 11) is 1.97. The number of thiophene rings is 1. The summed E-state index contributed by atoms with van der Waals surface area (Å²) in [5.74, 6) is 0.900. The number of pyridine rings is 1. The summed E-state index contributed by atoms with van der Waals surface area (Å²) < 4.78 is 6.31. The van der Waals surface area contributed by atoms with E-state index in [1.165, 1.54) is 4.88 Å². The lowest BCUT2D eigenvalue weighted by Crippen LogP contribution is -2.15. The van der Waals surface area contributed by atoms with Gasteiger partial charge in [0.25, 0.3) is 0 Å². The third-order valence-corrected chi connectivity index (χ3v) is 4.82. The van der Waals surface area contributed by atoms with Gasteiger partial charge in [0.15, 0.2) is 0 Å². The molecule has 4 heteroatoms. The fourth-order valence-electron chi connectivity index (χ4n) is 2.65. The van der Waals surface area contributed by atoms with Crippen LogP contribution in [0.3, 0.4) is 0 Å². The fraction of sp³-hybridized carbons (Fsp3) is 0.250. The van der Waals surface area contributed by atoms with Gasteiger partial charge < -0.3 is 10.1 Å². The molecule has 3 rings (SSSR count). The lowest BCUT2D eigenvalue weighted by atomic mass is 10.1. The van der Waals surface area contributed by atoms with Crippen molar-refractivity contribution in [3.8, 4) is 16.9 Å². The Morgan fingerprint density at radius 1 is 1.12 bits per heavy atom. The smallest absolute Gasteiger partial charge is 0.134 e. The fourth-order valence-corrected chi connectivity index (χ4v) is 3.44. The molecule has 0 aliphatic carbocycles. The Morgan fingerprint density at radius 3 is 2.75 bits per heavy atom. The van der Waals surface area contributed by atoms with Crippen LogP contribution in [0, 0.1) is 6.92 Å². The molecule has 0 spiro atoms. The highest BCUT2D eigenvalue weighted by Gasteiger charge is 2.14. The van der Waals surface area contributed by atoms with E-state index in [4.69, 9.17) is 4.74 Å². The van der Waals surface area contributed by atoms with E-state index in [9.17, 15) is 0 Å². The van der Waals surface area contributed by atoms with Crippen molar-refractivity contribution in [2.45, 2.75) is 19.4 Å². The van der Waals surface area contributed by atoms with Crippen LogP contribution in [0.15, 0.2) is 60.1 Å². The molecule has 0 amide bonds. The molecule has 124 valence electrons. The summed E-state index contributed by atoms with van der Waals surface area (Å²) in [5, 5.41) is 5.31. The molecular weight excluding hydrogens is 316 g/mol. The van der Waals surface area contributed by atoms with E-state index in [1.54, 1.807) is 11.3 Å². The van der Waals surface area contributed by atoms with Gasteiger partial charge in [-0.2, -0.15) is 0 Å². The number of nitrogens with one attached hydrogen (secondary N) is 1. The lowest BCUT2D eigenvalue weighted by molar-refractivity contribution is 0.199. The zero-order valence-corrected chi connectivity index (χ0v) is 14.8. The maximum absolute atomic E-state index is 6.31. The second-order valence-electron chi connectivity index (χ2n) is 5.73. The average molecular weight is 338 g/mol. The maximum Gasteiger partial charge on any atom is 0.134 e. The highest BCUT2D eigenvalue weighted by molar-refractivity contribution is 7.10. The van der Waals surface area contributed by atoms with Crippen molar-refractivity contribution in [1.82, 2.24) is 10.3 Å². The minimum atomic E-state index is 0.0758. The second kappa shape index (κ2) is 8.08. The van der Waals surface area contributed by atoms with E-state index in [-0.39, 0.29) is 6.10 Å². The van der Waals surface area contributed by atoms with Crippen LogP contribution in [0.1, 0.15) is 23.1 Å². The minimum absolute atomic E-state index is 0.0758. The van der Waals surface area contributed by atoms with Gasteiger partial charge in [-0.3, -0.25) is 4.98 Å². The molecule has 2 aromatic heterocycles. The molecule has 1 unspecified atom stereocenters. The highest BCUT2D eigenvalue weighted by atomic mass is 32.1. The Morgan fingerprint density at radius 2 is 2.00 bits per heavy atom. The number of rotatable bonds is 7. The predicted molar refractivity (Wildman–Crippen MR) is 101 cm³/mol. The summed E-state index contributed by atoms with van der Waals surface area (Å²) in [6.45, 7) is 2.93. The molecule has 0 saturated carbocycles. The largest absolute Gasteiger partial charge is 0.485 e. The molecule has 3 aromatic rings. The van der Waals surface area contributed by atoms with Gasteiger partial charge in [0.1, 0.15) is 11.9 Å². The number of benzene rings is 1. The molecule has 1 atom stereocenters. The average Bonchev–Trinajstić information content (AvgIpc) is 3.13. The molecule has 1 aromatic carbocycles. The third kappa shape index (κ3) is 4.22. The van der Waals surface area contributed by atoms with Crippen molar-refractivity contribution in [2.75, 3.05) is 13.6 Å². The summed E-state index contributed by atoms with van der Waals surface area (Å²) in [5.41, 5.74) is 3.33. The number of nitrogens with zero attached hydrogens (tertiary/aromatic N) is 1. The van der Waals surface area contributed by atoms with Crippen molar-refractivity contribution >= 4 is 11.3 Å². The SMILES string of the molecule is CNCCC(Oc1cccc(-c2ccnc(C)c2)c1)c1cccs1. The standard InChI is InChI=1S/C20H22N2OS/c1-15-13-17(8-11-22-15)16-5-3-6-18(14-16)23-19(9-10-21-2)20-7-4-12-24-20/h3-8,11-14,19,21H,9-10H2,1-2H3. The monoisotopic (exact) mass is 338 g/mol. The van der Waals surface area contributed by atoms with Gasteiger partial charge in [-0.05, 0) is 67.4 Å². The maximum atomic E-state index is 6.31. The first-order chi connectivity index (χ1) is 11.8. The van der Waals surface area contributed by atoms with Crippen LogP contribution in [0.25, 0.3) is 11.1 Å². The van der Waals surface area contributed by atoms with Crippen LogP contribution in [0.5, 0.6) is 5.75 Å². The molecule has 0 saturated heterocycles. The molecule has 0 bridgehead atoms. The molecule has 24 heavy (non-hydrogen) atoms. The Labute approximate surface area is 147 Å². The Bertz CT molecular complexity index is 771. The zero-order valence-electron chi connectivity index (χ0n) is 14.0. The number of aryl methyl sites for hydroxylation is 1. The van der Waals surface area contributed by atoms with E-state index in [0.29, 0.717) is 0 Å². The van der Waals surface area contributed by atoms with Crippen LogP contribution >= 0.6 is 11.3 Å². The Kier molecular flexibility index (Phi) is 5.62. The van der Waals surface area contributed by atoms with E-state index in [1.807, 2.05) is 38.4 Å². The van der Waals surface area contributed by atoms with Gasteiger partial charge in [-0.15, -0.1) is 11.3 Å². The number of hydrogen-bond acceptors (Lipinski definition) is 4. The van der Waals surface area contributed by atoms with Crippen molar-refractivity contribution < 1.29 is 4.74 Å². The summed E-state index contributed by atoms with van der Waals surface area (Å²) >= 11 is 1.74. The van der Waals surface area contributed by atoms with Gasteiger partial charge in [0.2, 0.25) is 0 Å². The van der Waals surface area contributed by atoms with Crippen LogP contribution in [0.2, 0.25) is 0 Å². The minimum Gasteiger partial charge on any atom is -0.485 e. The number of ether oxygens (including phenoxy) is 1. The van der Waals surface area contributed by atoms with Crippen molar-refractivity contribution in [3.63, 3.8) is 0 Å². The molecule has 0 radical (unpaired) electrons. The van der Waals surface area contributed by atoms with Crippen molar-refractivity contribution in [1.29, 1.82) is 0 Å². The molecular formula is C20H22N2OS. The van der Waals surface area contributed by atoms with Crippen LogP contribution in [0.4, 0.5) is 0 Å². The normalized spacial score (nSPS) is 12.1. The molecule has 0 aliphatic rings. The Hall–Kier alpha value is -2.17. The molecule has 3 nitrogen and oxygen atoms in total. The van der Waals surface area contributed by atoms with Gasteiger partial charge in [-0.1, -0.05) is 18.2 Å². The van der Waals surface area contributed by atoms with E-state index in [2.05, 4.69) is 46.0 Å². The van der Waals surface area contributed by atoms with E-state index in [0.717, 1.165) is 35.5 Å². The number of hydrogen-bond donors (Lipinski definition) is 1. The quantitative estimate of drug-likeness (QED) is 0.669. The second-order valence-corrected chi connectivity index (χ2v) is 6.71. The lowest BCUT2D eigenvalue weighted by Gasteiger charge is -2.18. The zero-order chi connectivity index (χ0) is 16.8. The summed E-state index contributed by atoms with van der Waals surface area (Å²) in [4.78, 5) is 5.53. The van der Waals surface area contributed by atoms with Gasteiger partial charge >= 0.3 is 0 Å². The topological polar surface area (TPSA) is 34.1 Å². The third-order valence-electron chi connectivity index (χ3n) is 3.86. The first-order valence-electron chi connectivity index (χ1n) is 8.14. The van der Waals surface area contributed by atoms with Gasteiger partial charge in [-0.25, -0.2) is 0 Å². The molecule has 1 N–H and O–H groups in total. The van der Waals surface area contributed by atoms with Crippen molar-refractivity contribution in [3.05, 3.63) is 70.7 Å². The van der Waals surface area contributed by atoms with Gasteiger partial charge in [0, 0.05) is 23.2 Å². The highest BCUT2D eigenvalue weighted by Crippen LogP contribution is 2.30. The Balaban J connectivity index is 1.82. The van der Waals surface area contributed by atoms with Crippen LogP contribution in [-0.4, -0.2) is 18.6 Å². The molecule has 0 fully saturated rings. The first-order valence-corrected chi connectivity index (χ1v) is 9.02. The summed E-state index contributed by atoms with van der Waals surface area (Å²) in [6.07, 6.45) is 2.86. The molecule has 2 heterocycles. The summed E-state index contributed by atoms with van der Waals surface area (Å²) in [6, 6.07) is 16.6. The van der Waals surface area contributed by atoms with Crippen LogP contribution in [-0.2, 0) is 0 Å².